The van der Waals surface area contributed by atoms with Gasteiger partial charge in [-0.3, -0.25) is 9.36 Å². The number of anilines is 1. The number of nitrogen functional groups attached to an aromatic ring is 1. The molecule has 3 rings (SSSR count). The van der Waals surface area contributed by atoms with E-state index in [1.54, 1.807) is 6.07 Å². The zero-order chi connectivity index (χ0) is 17.3. The molecule has 6 nitrogen and oxygen atoms in total. The second-order valence-electron chi connectivity index (χ2n) is 4.89. The number of alkyl halides is 2. The highest BCUT2D eigenvalue weighted by Gasteiger charge is 2.12. The molecule has 0 atom stereocenters. The molecule has 2 heterocycles. The van der Waals surface area contributed by atoms with Crippen molar-refractivity contribution in [2.24, 2.45) is 0 Å². The molecule has 0 unspecified atom stereocenters. The number of ether oxygens (including phenoxy) is 2. The van der Waals surface area contributed by atoms with E-state index in [0.29, 0.717) is 22.5 Å². The van der Waals surface area contributed by atoms with Crippen molar-refractivity contribution in [1.29, 1.82) is 0 Å². The van der Waals surface area contributed by atoms with Crippen LogP contribution >= 0.6 is 0 Å². The lowest BCUT2D eigenvalue weighted by Crippen LogP contribution is -2.19. The van der Waals surface area contributed by atoms with Crippen LogP contribution in [-0.4, -0.2) is 23.3 Å². The summed E-state index contributed by atoms with van der Waals surface area (Å²) < 4.78 is 35.3. The first-order chi connectivity index (χ1) is 11.5. The Morgan fingerprint density at radius 1 is 1.17 bits per heavy atom. The van der Waals surface area contributed by atoms with Crippen LogP contribution in [-0.2, 0) is 0 Å². The van der Waals surface area contributed by atoms with E-state index in [2.05, 4.69) is 9.72 Å². The molecule has 0 fully saturated rings. The van der Waals surface area contributed by atoms with Gasteiger partial charge in [0.15, 0.2) is 0 Å². The SMILES string of the molecule is COc1cnc2c(N)cc(=O)n(-c3ccc(OC(F)F)cc3)c2c1. The highest BCUT2D eigenvalue weighted by atomic mass is 19.3. The molecule has 0 saturated carbocycles. The summed E-state index contributed by atoms with van der Waals surface area (Å²) in [5, 5.41) is 0. The number of nitrogens with two attached hydrogens (primary N) is 1. The minimum Gasteiger partial charge on any atom is -0.495 e. The number of hydrogen-bond acceptors (Lipinski definition) is 5. The third-order valence-corrected chi connectivity index (χ3v) is 3.41. The standard InChI is InChI=1S/C16H13F2N3O3/c1-23-11-6-13-15(20-8-11)12(19)7-14(22)21(13)9-2-4-10(5-3-9)24-16(17)18/h2-8,16H,19H2,1H3. The highest BCUT2D eigenvalue weighted by Crippen LogP contribution is 2.24. The number of methoxy groups -OCH3 is 1. The van der Waals surface area contributed by atoms with Gasteiger partial charge < -0.3 is 15.2 Å². The van der Waals surface area contributed by atoms with Crippen molar-refractivity contribution in [1.82, 2.24) is 9.55 Å². The van der Waals surface area contributed by atoms with Gasteiger partial charge in [-0.05, 0) is 24.3 Å². The van der Waals surface area contributed by atoms with Crippen LogP contribution in [0.5, 0.6) is 11.5 Å². The van der Waals surface area contributed by atoms with Crippen molar-refractivity contribution in [2.45, 2.75) is 6.61 Å². The summed E-state index contributed by atoms with van der Waals surface area (Å²) in [7, 11) is 1.48. The second kappa shape index (κ2) is 6.15. The lowest BCUT2D eigenvalue weighted by Gasteiger charge is -2.13. The van der Waals surface area contributed by atoms with Crippen molar-refractivity contribution in [2.75, 3.05) is 12.8 Å². The summed E-state index contributed by atoms with van der Waals surface area (Å²) in [6, 6.07) is 8.57. The summed E-state index contributed by atoms with van der Waals surface area (Å²) in [6.45, 7) is -2.91. The number of hydrogen-bond donors (Lipinski definition) is 1. The molecular weight excluding hydrogens is 320 g/mol. The maximum Gasteiger partial charge on any atom is 0.387 e. The topological polar surface area (TPSA) is 79.4 Å². The molecule has 3 aromatic rings. The molecule has 2 aromatic heterocycles. The van der Waals surface area contributed by atoms with E-state index in [4.69, 9.17) is 10.5 Å². The van der Waals surface area contributed by atoms with Crippen LogP contribution in [0.2, 0.25) is 0 Å². The highest BCUT2D eigenvalue weighted by molar-refractivity contribution is 5.88. The average Bonchev–Trinajstić information content (AvgIpc) is 2.55. The van der Waals surface area contributed by atoms with Crippen LogP contribution in [0.1, 0.15) is 0 Å². The summed E-state index contributed by atoms with van der Waals surface area (Å²) in [4.78, 5) is 16.6. The third kappa shape index (κ3) is 2.85. The summed E-state index contributed by atoms with van der Waals surface area (Å²) >= 11 is 0. The van der Waals surface area contributed by atoms with Gasteiger partial charge in [0, 0.05) is 17.8 Å². The van der Waals surface area contributed by atoms with Crippen molar-refractivity contribution in [3.63, 3.8) is 0 Å². The second-order valence-corrected chi connectivity index (χ2v) is 4.89. The van der Waals surface area contributed by atoms with Crippen LogP contribution in [0.3, 0.4) is 0 Å². The van der Waals surface area contributed by atoms with Gasteiger partial charge in [0.2, 0.25) is 0 Å². The van der Waals surface area contributed by atoms with Crippen LogP contribution in [0.15, 0.2) is 47.4 Å². The number of aromatic nitrogens is 2. The first-order valence-corrected chi connectivity index (χ1v) is 6.90. The van der Waals surface area contributed by atoms with Crippen molar-refractivity contribution in [3.05, 3.63) is 52.9 Å². The van der Waals surface area contributed by atoms with E-state index in [1.807, 2.05) is 0 Å². The fourth-order valence-electron chi connectivity index (χ4n) is 2.37. The van der Waals surface area contributed by atoms with E-state index in [1.165, 1.54) is 48.2 Å². The van der Waals surface area contributed by atoms with Crippen molar-refractivity contribution >= 4 is 16.7 Å². The van der Waals surface area contributed by atoms with Crippen LogP contribution in [0.4, 0.5) is 14.5 Å². The summed E-state index contributed by atoms with van der Waals surface area (Å²) in [5.74, 6) is 0.455. The van der Waals surface area contributed by atoms with Gasteiger partial charge in [0.05, 0.1) is 24.5 Å². The molecular formula is C16H13F2N3O3. The molecule has 0 aliphatic rings. The van der Waals surface area contributed by atoms with Gasteiger partial charge >= 0.3 is 6.61 Å². The van der Waals surface area contributed by atoms with E-state index >= 15 is 0 Å². The molecule has 2 N–H and O–H groups in total. The number of pyridine rings is 2. The van der Waals surface area contributed by atoms with Gasteiger partial charge in [-0.2, -0.15) is 8.78 Å². The largest absolute Gasteiger partial charge is 0.495 e. The molecule has 1 aromatic carbocycles. The van der Waals surface area contributed by atoms with Gasteiger partial charge in [-0.25, -0.2) is 4.98 Å². The molecule has 0 radical (unpaired) electrons. The van der Waals surface area contributed by atoms with Crippen LogP contribution < -0.4 is 20.8 Å². The first-order valence-electron chi connectivity index (χ1n) is 6.90. The Morgan fingerprint density at radius 3 is 2.50 bits per heavy atom. The summed E-state index contributed by atoms with van der Waals surface area (Å²) in [5.41, 5.74) is 7.06. The Kier molecular flexibility index (Phi) is 4.03. The van der Waals surface area contributed by atoms with E-state index in [-0.39, 0.29) is 17.0 Å². The molecule has 8 heteroatoms. The van der Waals surface area contributed by atoms with Gasteiger partial charge in [0.25, 0.3) is 5.56 Å². The first kappa shape index (κ1) is 15.7. The molecule has 0 spiro atoms. The fourth-order valence-corrected chi connectivity index (χ4v) is 2.37. The van der Waals surface area contributed by atoms with Gasteiger partial charge in [-0.15, -0.1) is 0 Å². The minimum atomic E-state index is -2.91. The molecule has 124 valence electrons. The number of nitrogens with zero attached hydrogens (tertiary/aromatic N) is 2. The normalized spacial score (nSPS) is 11.0. The predicted octanol–water partition coefficient (Wildman–Crippen LogP) is 2.58. The minimum absolute atomic E-state index is 0.00254. The predicted molar refractivity (Wildman–Crippen MR) is 84.9 cm³/mol. The lowest BCUT2D eigenvalue weighted by molar-refractivity contribution is -0.0498. The number of rotatable bonds is 4. The molecule has 24 heavy (non-hydrogen) atoms. The third-order valence-electron chi connectivity index (χ3n) is 3.41. The van der Waals surface area contributed by atoms with Crippen molar-refractivity contribution in [3.8, 4) is 17.2 Å². The van der Waals surface area contributed by atoms with Gasteiger partial charge in [0.1, 0.15) is 17.0 Å². The zero-order valence-corrected chi connectivity index (χ0v) is 12.6. The zero-order valence-electron chi connectivity index (χ0n) is 12.6. The number of fused-ring (bicyclic) bond motifs is 1. The van der Waals surface area contributed by atoms with E-state index in [9.17, 15) is 13.6 Å². The average molecular weight is 333 g/mol. The Hall–Kier alpha value is -3.16. The quantitative estimate of drug-likeness (QED) is 0.794. The Bertz CT molecular complexity index is 940. The van der Waals surface area contributed by atoms with Gasteiger partial charge in [-0.1, -0.05) is 0 Å². The maximum absolute atomic E-state index is 12.4. The fraction of sp³-hybridized carbons (Fsp3) is 0.125. The maximum atomic E-state index is 12.4. The van der Waals surface area contributed by atoms with Crippen LogP contribution in [0, 0.1) is 0 Å². The Balaban J connectivity index is 2.19. The molecule has 0 saturated heterocycles. The Labute approximate surface area is 135 Å². The van der Waals surface area contributed by atoms with E-state index in [0.717, 1.165) is 0 Å². The van der Waals surface area contributed by atoms with E-state index < -0.39 is 6.61 Å². The molecule has 0 aliphatic heterocycles. The smallest absolute Gasteiger partial charge is 0.387 e. The summed E-state index contributed by atoms with van der Waals surface area (Å²) in [6.07, 6.45) is 1.49. The Morgan fingerprint density at radius 2 is 1.88 bits per heavy atom. The lowest BCUT2D eigenvalue weighted by atomic mass is 10.2. The molecule has 0 aliphatic carbocycles. The van der Waals surface area contributed by atoms with Crippen molar-refractivity contribution < 1.29 is 18.3 Å². The number of halogens is 2. The molecule has 0 bridgehead atoms. The van der Waals surface area contributed by atoms with Crippen LogP contribution in [0.25, 0.3) is 16.7 Å². The molecule has 0 amide bonds. The monoisotopic (exact) mass is 333 g/mol. The number of benzene rings is 1.